The van der Waals surface area contributed by atoms with E-state index in [0.29, 0.717) is 11.7 Å². The molecule has 0 spiro atoms. The monoisotopic (exact) mass is 219 g/mol. The average Bonchev–Trinajstić information content (AvgIpc) is 2.81. The zero-order valence-corrected chi connectivity index (χ0v) is 9.52. The van der Waals surface area contributed by atoms with Crippen molar-refractivity contribution < 1.29 is 4.79 Å². The Balaban J connectivity index is 2.11. The summed E-state index contributed by atoms with van der Waals surface area (Å²) in [5.41, 5.74) is 6.63. The number of carbonyl (C=O) groups excluding carboxylic acids is 1. The number of nitrogens with zero attached hydrogens (tertiary/aromatic N) is 2. The smallest absolute Gasteiger partial charge is 0.267 e. The molecule has 1 fully saturated rings. The first-order valence-electron chi connectivity index (χ1n) is 5.68. The Morgan fingerprint density at radius 1 is 1.44 bits per heavy atom. The lowest BCUT2D eigenvalue weighted by Crippen LogP contribution is -2.23. The number of likely N-dealkylation sites (tertiary alicyclic amines) is 1. The standard InChI is InChI=1S/C12H17N3O/c1-9(15-6-2-3-7-15)10-4-5-11(12(13)16)14-8-10/h4-5,8-9H,2-3,6-7H2,1H3,(H2,13,16). The van der Waals surface area contributed by atoms with Gasteiger partial charge in [-0.3, -0.25) is 14.7 Å². The van der Waals surface area contributed by atoms with Crippen molar-refractivity contribution in [2.24, 2.45) is 5.73 Å². The first kappa shape index (κ1) is 11.1. The van der Waals surface area contributed by atoms with E-state index in [9.17, 15) is 4.79 Å². The summed E-state index contributed by atoms with van der Waals surface area (Å²) in [4.78, 5) is 17.4. The van der Waals surface area contributed by atoms with E-state index in [0.717, 1.165) is 18.7 Å². The molecule has 0 saturated carbocycles. The molecule has 1 atom stereocenters. The van der Waals surface area contributed by atoms with E-state index in [1.165, 1.54) is 12.8 Å². The van der Waals surface area contributed by atoms with Crippen LogP contribution >= 0.6 is 0 Å². The molecule has 2 rings (SSSR count). The van der Waals surface area contributed by atoms with Gasteiger partial charge >= 0.3 is 0 Å². The number of nitrogens with two attached hydrogens (primary N) is 1. The van der Waals surface area contributed by atoms with Crippen LogP contribution in [0.5, 0.6) is 0 Å². The molecular formula is C12H17N3O. The fraction of sp³-hybridized carbons (Fsp3) is 0.500. The first-order chi connectivity index (χ1) is 7.68. The lowest BCUT2D eigenvalue weighted by Gasteiger charge is -2.23. The van der Waals surface area contributed by atoms with Crippen molar-refractivity contribution >= 4 is 5.91 Å². The van der Waals surface area contributed by atoms with Gasteiger partial charge in [-0.05, 0) is 44.5 Å². The normalized spacial score (nSPS) is 18.6. The van der Waals surface area contributed by atoms with Crippen molar-refractivity contribution in [3.8, 4) is 0 Å². The molecule has 1 aliphatic rings. The van der Waals surface area contributed by atoms with Gasteiger partial charge in [0.1, 0.15) is 5.69 Å². The van der Waals surface area contributed by atoms with Crippen molar-refractivity contribution in [3.63, 3.8) is 0 Å². The molecule has 1 aliphatic heterocycles. The maximum atomic E-state index is 10.9. The maximum absolute atomic E-state index is 10.9. The highest BCUT2D eigenvalue weighted by Crippen LogP contribution is 2.23. The summed E-state index contributed by atoms with van der Waals surface area (Å²) < 4.78 is 0. The van der Waals surface area contributed by atoms with E-state index in [1.807, 2.05) is 6.07 Å². The zero-order valence-electron chi connectivity index (χ0n) is 9.52. The number of amides is 1. The van der Waals surface area contributed by atoms with E-state index in [-0.39, 0.29) is 0 Å². The molecular weight excluding hydrogens is 202 g/mol. The predicted octanol–water partition coefficient (Wildman–Crippen LogP) is 1.34. The van der Waals surface area contributed by atoms with Crippen LogP contribution in [0.25, 0.3) is 0 Å². The molecule has 16 heavy (non-hydrogen) atoms. The summed E-state index contributed by atoms with van der Waals surface area (Å²) in [6.45, 7) is 4.48. The van der Waals surface area contributed by atoms with Crippen LogP contribution < -0.4 is 5.73 Å². The van der Waals surface area contributed by atoms with Crippen LogP contribution in [0.4, 0.5) is 0 Å². The molecule has 1 unspecified atom stereocenters. The topological polar surface area (TPSA) is 59.2 Å². The van der Waals surface area contributed by atoms with Crippen LogP contribution in [0.2, 0.25) is 0 Å². The molecule has 2 heterocycles. The summed E-state index contributed by atoms with van der Waals surface area (Å²) >= 11 is 0. The van der Waals surface area contributed by atoms with Gasteiger partial charge < -0.3 is 5.73 Å². The Labute approximate surface area is 95.5 Å². The second kappa shape index (κ2) is 4.61. The first-order valence-corrected chi connectivity index (χ1v) is 5.68. The highest BCUT2D eigenvalue weighted by Gasteiger charge is 2.19. The second-order valence-corrected chi connectivity index (χ2v) is 4.26. The average molecular weight is 219 g/mol. The Morgan fingerprint density at radius 2 is 2.12 bits per heavy atom. The molecule has 2 N–H and O–H groups in total. The molecule has 0 bridgehead atoms. The third kappa shape index (κ3) is 2.22. The molecule has 86 valence electrons. The molecule has 1 aromatic heterocycles. The number of pyridine rings is 1. The van der Waals surface area contributed by atoms with Crippen LogP contribution in [0, 0.1) is 0 Å². The minimum absolute atomic E-state index is 0.331. The van der Waals surface area contributed by atoms with Gasteiger partial charge in [-0.1, -0.05) is 6.07 Å². The van der Waals surface area contributed by atoms with Crippen molar-refractivity contribution in [2.75, 3.05) is 13.1 Å². The number of hydrogen-bond donors (Lipinski definition) is 1. The fourth-order valence-electron chi connectivity index (χ4n) is 2.14. The second-order valence-electron chi connectivity index (χ2n) is 4.26. The number of rotatable bonds is 3. The third-order valence-corrected chi connectivity index (χ3v) is 3.21. The highest BCUT2D eigenvalue weighted by molar-refractivity contribution is 5.90. The van der Waals surface area contributed by atoms with Crippen molar-refractivity contribution in [1.82, 2.24) is 9.88 Å². The Kier molecular flexibility index (Phi) is 3.19. The number of primary amides is 1. The molecule has 0 radical (unpaired) electrons. The van der Waals surface area contributed by atoms with Gasteiger partial charge in [0.25, 0.3) is 5.91 Å². The fourth-order valence-corrected chi connectivity index (χ4v) is 2.14. The SMILES string of the molecule is CC(c1ccc(C(N)=O)nc1)N1CCCC1. The van der Waals surface area contributed by atoms with Crippen LogP contribution in [-0.2, 0) is 0 Å². The number of aromatic nitrogens is 1. The summed E-state index contributed by atoms with van der Waals surface area (Å²) in [6.07, 6.45) is 4.30. The number of carbonyl (C=O) groups is 1. The van der Waals surface area contributed by atoms with Gasteiger partial charge in [-0.25, -0.2) is 0 Å². The van der Waals surface area contributed by atoms with Gasteiger partial charge in [-0.15, -0.1) is 0 Å². The van der Waals surface area contributed by atoms with E-state index < -0.39 is 5.91 Å². The zero-order chi connectivity index (χ0) is 11.5. The van der Waals surface area contributed by atoms with Crippen molar-refractivity contribution in [3.05, 3.63) is 29.6 Å². The molecule has 1 amide bonds. The molecule has 1 aromatic rings. The largest absolute Gasteiger partial charge is 0.364 e. The van der Waals surface area contributed by atoms with Gasteiger partial charge in [0.2, 0.25) is 0 Å². The minimum Gasteiger partial charge on any atom is -0.364 e. The molecule has 4 nitrogen and oxygen atoms in total. The molecule has 1 saturated heterocycles. The van der Waals surface area contributed by atoms with E-state index in [4.69, 9.17) is 5.73 Å². The maximum Gasteiger partial charge on any atom is 0.267 e. The molecule has 0 aromatic carbocycles. The summed E-state index contributed by atoms with van der Waals surface area (Å²) in [7, 11) is 0. The Morgan fingerprint density at radius 3 is 2.62 bits per heavy atom. The highest BCUT2D eigenvalue weighted by atomic mass is 16.1. The van der Waals surface area contributed by atoms with E-state index in [2.05, 4.69) is 16.8 Å². The summed E-state index contributed by atoms with van der Waals surface area (Å²) in [5.74, 6) is -0.472. The van der Waals surface area contributed by atoms with Crippen molar-refractivity contribution in [2.45, 2.75) is 25.8 Å². The lowest BCUT2D eigenvalue weighted by atomic mass is 10.1. The van der Waals surface area contributed by atoms with Crippen LogP contribution in [0.3, 0.4) is 0 Å². The van der Waals surface area contributed by atoms with E-state index >= 15 is 0 Å². The van der Waals surface area contributed by atoms with E-state index in [1.54, 1.807) is 12.3 Å². The summed E-state index contributed by atoms with van der Waals surface area (Å²) in [5, 5.41) is 0. The van der Waals surface area contributed by atoms with Crippen LogP contribution in [0.15, 0.2) is 18.3 Å². The Bertz CT molecular complexity index is 368. The molecule has 0 aliphatic carbocycles. The van der Waals surface area contributed by atoms with Crippen LogP contribution in [0.1, 0.15) is 41.9 Å². The molecule has 4 heteroatoms. The lowest BCUT2D eigenvalue weighted by molar-refractivity contribution is 0.0995. The van der Waals surface area contributed by atoms with Gasteiger partial charge in [0, 0.05) is 12.2 Å². The van der Waals surface area contributed by atoms with Gasteiger partial charge in [0.15, 0.2) is 0 Å². The Hall–Kier alpha value is -1.42. The summed E-state index contributed by atoms with van der Waals surface area (Å²) in [6, 6.07) is 4.01. The predicted molar refractivity (Wildman–Crippen MR) is 62.0 cm³/mol. The van der Waals surface area contributed by atoms with Crippen LogP contribution in [-0.4, -0.2) is 28.9 Å². The van der Waals surface area contributed by atoms with Gasteiger partial charge in [-0.2, -0.15) is 0 Å². The quantitative estimate of drug-likeness (QED) is 0.834. The number of hydrogen-bond acceptors (Lipinski definition) is 3. The van der Waals surface area contributed by atoms with Crippen molar-refractivity contribution in [1.29, 1.82) is 0 Å². The minimum atomic E-state index is -0.472. The third-order valence-electron chi connectivity index (χ3n) is 3.21. The van der Waals surface area contributed by atoms with Gasteiger partial charge in [0.05, 0.1) is 0 Å².